The zero-order valence-corrected chi connectivity index (χ0v) is 19.0. The van der Waals surface area contributed by atoms with Crippen LogP contribution in [0.15, 0.2) is 72.9 Å². The molecule has 32 heavy (non-hydrogen) atoms. The van der Waals surface area contributed by atoms with Crippen molar-refractivity contribution in [2.45, 2.75) is 39.0 Å². The third kappa shape index (κ3) is 5.46. The molecule has 2 nitrogen and oxygen atoms in total. The number of aryl methyl sites for hydroxylation is 2. The minimum atomic E-state index is -0.146. The summed E-state index contributed by atoms with van der Waals surface area (Å²) in [5.74, 6) is 0.633. The highest BCUT2D eigenvalue weighted by Gasteiger charge is 2.10. The maximum absolute atomic E-state index is 15.1. The Balaban J connectivity index is 1.47. The molecular weight excluding hydrogens is 421 g/mol. The van der Waals surface area contributed by atoms with Crippen molar-refractivity contribution in [3.8, 4) is 17.0 Å². The summed E-state index contributed by atoms with van der Waals surface area (Å²) in [5.41, 5.74) is 3.68. The van der Waals surface area contributed by atoms with E-state index < -0.39 is 0 Å². The Morgan fingerprint density at radius 3 is 2.50 bits per heavy atom. The Morgan fingerprint density at radius 1 is 0.906 bits per heavy atom. The summed E-state index contributed by atoms with van der Waals surface area (Å²) in [4.78, 5) is 4.54. The first-order valence-electron chi connectivity index (χ1n) is 11.2. The van der Waals surface area contributed by atoms with Crippen LogP contribution < -0.4 is 4.74 Å². The zero-order valence-electron chi connectivity index (χ0n) is 18.3. The molecule has 0 saturated carbocycles. The van der Waals surface area contributed by atoms with E-state index in [1.807, 2.05) is 66.7 Å². The number of nitrogens with zero attached hydrogens (tertiary/aromatic N) is 1. The van der Waals surface area contributed by atoms with Crippen LogP contribution in [0.5, 0.6) is 5.75 Å². The molecule has 1 aromatic heterocycles. The Bertz CT molecular complexity index is 1170. The summed E-state index contributed by atoms with van der Waals surface area (Å²) < 4.78 is 20.9. The van der Waals surface area contributed by atoms with Crippen LogP contribution in [0.1, 0.15) is 37.3 Å². The van der Waals surface area contributed by atoms with E-state index >= 15 is 4.39 Å². The summed E-state index contributed by atoms with van der Waals surface area (Å²) in [7, 11) is 0. The molecule has 4 aromatic rings. The minimum absolute atomic E-state index is 0.146. The van der Waals surface area contributed by atoms with Gasteiger partial charge in [-0.15, -0.1) is 0 Å². The molecule has 0 aliphatic rings. The Labute approximate surface area is 194 Å². The summed E-state index contributed by atoms with van der Waals surface area (Å²) in [6.45, 7) is 2.89. The standard InChI is InChI=1S/C28H27ClFNO/c1-2-3-4-17-32-25-14-16-27(31-19-25)23-11-15-26-22(18-23)10-9-21(28(26)30)8-5-20-6-12-24(29)13-7-20/h6-7,9-16,18-19H,2-5,8,17H2,1H3. The first-order chi connectivity index (χ1) is 15.6. The fraction of sp³-hybridized carbons (Fsp3) is 0.250. The number of benzene rings is 3. The lowest BCUT2D eigenvalue weighted by Gasteiger charge is -2.10. The van der Waals surface area contributed by atoms with Gasteiger partial charge in [0.05, 0.1) is 18.5 Å². The third-order valence-corrected chi connectivity index (χ3v) is 5.93. The van der Waals surface area contributed by atoms with Gasteiger partial charge in [-0.25, -0.2) is 4.39 Å². The van der Waals surface area contributed by atoms with Gasteiger partial charge in [0.1, 0.15) is 11.6 Å². The van der Waals surface area contributed by atoms with Gasteiger partial charge in [-0.3, -0.25) is 4.98 Å². The summed E-state index contributed by atoms with van der Waals surface area (Å²) in [5, 5.41) is 2.22. The van der Waals surface area contributed by atoms with Crippen LogP contribution in [0.4, 0.5) is 4.39 Å². The Morgan fingerprint density at radius 2 is 1.75 bits per heavy atom. The molecule has 0 N–H and O–H groups in total. The van der Waals surface area contributed by atoms with Crippen LogP contribution >= 0.6 is 11.6 Å². The van der Waals surface area contributed by atoms with Crippen LogP contribution in [-0.4, -0.2) is 11.6 Å². The van der Waals surface area contributed by atoms with Crippen molar-refractivity contribution in [1.29, 1.82) is 0 Å². The van der Waals surface area contributed by atoms with Crippen molar-refractivity contribution < 1.29 is 9.13 Å². The number of hydrogen-bond acceptors (Lipinski definition) is 2. The fourth-order valence-electron chi connectivity index (χ4n) is 3.80. The van der Waals surface area contributed by atoms with Crippen LogP contribution in [0.25, 0.3) is 22.0 Å². The second-order valence-electron chi connectivity index (χ2n) is 8.04. The fourth-order valence-corrected chi connectivity index (χ4v) is 3.92. The molecule has 0 spiro atoms. The normalized spacial score (nSPS) is 11.1. The monoisotopic (exact) mass is 447 g/mol. The quantitative estimate of drug-likeness (QED) is 0.242. The lowest BCUT2D eigenvalue weighted by atomic mass is 9.98. The Hall–Kier alpha value is -2.91. The molecule has 0 atom stereocenters. The molecule has 0 amide bonds. The number of pyridine rings is 1. The maximum Gasteiger partial charge on any atom is 0.137 e. The second kappa shape index (κ2) is 10.6. The van der Waals surface area contributed by atoms with E-state index in [0.29, 0.717) is 23.4 Å². The number of unbranched alkanes of at least 4 members (excludes halogenated alkanes) is 2. The molecule has 0 unspecified atom stereocenters. The zero-order chi connectivity index (χ0) is 22.3. The minimum Gasteiger partial charge on any atom is -0.492 e. The van der Waals surface area contributed by atoms with Gasteiger partial charge in [-0.1, -0.05) is 67.8 Å². The predicted octanol–water partition coefficient (Wildman–Crippen LogP) is 8.05. The molecule has 164 valence electrons. The summed E-state index contributed by atoms with van der Waals surface area (Å²) >= 11 is 5.94. The van der Waals surface area contributed by atoms with Gasteiger partial charge < -0.3 is 4.74 Å². The van der Waals surface area contributed by atoms with Crippen LogP contribution in [-0.2, 0) is 12.8 Å². The first kappa shape index (κ1) is 22.3. The topological polar surface area (TPSA) is 22.1 Å². The van der Waals surface area contributed by atoms with Gasteiger partial charge in [0.25, 0.3) is 0 Å². The van der Waals surface area contributed by atoms with E-state index in [4.69, 9.17) is 16.3 Å². The van der Waals surface area contributed by atoms with E-state index in [-0.39, 0.29) is 5.82 Å². The average molecular weight is 448 g/mol. The molecule has 0 fully saturated rings. The molecule has 0 aliphatic heterocycles. The molecule has 1 heterocycles. The largest absolute Gasteiger partial charge is 0.492 e. The van der Waals surface area contributed by atoms with Gasteiger partial charge in [0, 0.05) is 16.0 Å². The number of rotatable bonds is 9. The van der Waals surface area contributed by atoms with Crippen LogP contribution in [0.2, 0.25) is 5.02 Å². The Kier molecular flexibility index (Phi) is 7.39. The number of halogens is 2. The van der Waals surface area contributed by atoms with Gasteiger partial charge in [0.15, 0.2) is 0 Å². The van der Waals surface area contributed by atoms with Crippen molar-refractivity contribution in [1.82, 2.24) is 4.98 Å². The van der Waals surface area contributed by atoms with Gasteiger partial charge in [0.2, 0.25) is 0 Å². The van der Waals surface area contributed by atoms with Crippen LogP contribution in [0.3, 0.4) is 0 Å². The molecule has 0 radical (unpaired) electrons. The molecule has 0 bridgehead atoms. The molecule has 4 heteroatoms. The first-order valence-corrected chi connectivity index (χ1v) is 11.6. The second-order valence-corrected chi connectivity index (χ2v) is 8.47. The van der Waals surface area contributed by atoms with Crippen molar-refractivity contribution in [3.63, 3.8) is 0 Å². The van der Waals surface area contributed by atoms with Gasteiger partial charge in [-0.05, 0) is 66.1 Å². The maximum atomic E-state index is 15.1. The number of aromatic nitrogens is 1. The van der Waals surface area contributed by atoms with Gasteiger partial charge >= 0.3 is 0 Å². The lowest BCUT2D eigenvalue weighted by molar-refractivity contribution is 0.305. The van der Waals surface area contributed by atoms with E-state index in [1.165, 1.54) is 12.8 Å². The van der Waals surface area contributed by atoms with Gasteiger partial charge in [-0.2, -0.15) is 0 Å². The number of fused-ring (bicyclic) bond motifs is 1. The SMILES string of the molecule is CCCCCOc1ccc(-c2ccc3c(F)c(CCc4ccc(Cl)cc4)ccc3c2)nc1. The smallest absolute Gasteiger partial charge is 0.137 e. The average Bonchev–Trinajstić information content (AvgIpc) is 2.83. The molecule has 0 aliphatic carbocycles. The predicted molar refractivity (Wildman–Crippen MR) is 131 cm³/mol. The van der Waals surface area contributed by atoms with Crippen LogP contribution in [0, 0.1) is 5.82 Å². The molecule has 0 saturated heterocycles. The number of ether oxygens (including phenoxy) is 1. The number of hydrogen-bond donors (Lipinski definition) is 0. The van der Waals surface area contributed by atoms with E-state index in [1.54, 1.807) is 6.20 Å². The highest BCUT2D eigenvalue weighted by Crippen LogP contribution is 2.28. The van der Waals surface area contributed by atoms with Crippen molar-refractivity contribution in [3.05, 3.63) is 94.9 Å². The van der Waals surface area contributed by atoms with Crippen molar-refractivity contribution >= 4 is 22.4 Å². The highest BCUT2D eigenvalue weighted by atomic mass is 35.5. The van der Waals surface area contributed by atoms with Crippen molar-refractivity contribution in [2.75, 3.05) is 6.61 Å². The highest BCUT2D eigenvalue weighted by molar-refractivity contribution is 6.30. The summed E-state index contributed by atoms with van der Waals surface area (Å²) in [6.07, 6.45) is 6.57. The lowest BCUT2D eigenvalue weighted by Crippen LogP contribution is -1.97. The van der Waals surface area contributed by atoms with E-state index in [9.17, 15) is 0 Å². The van der Waals surface area contributed by atoms with E-state index in [0.717, 1.165) is 46.4 Å². The summed E-state index contributed by atoms with van der Waals surface area (Å²) in [6, 6.07) is 21.3. The molecular formula is C28H27ClFNO. The third-order valence-electron chi connectivity index (χ3n) is 5.68. The molecule has 4 rings (SSSR count). The van der Waals surface area contributed by atoms with Crippen molar-refractivity contribution in [2.24, 2.45) is 0 Å². The molecule has 3 aromatic carbocycles. The van der Waals surface area contributed by atoms with E-state index in [2.05, 4.69) is 11.9 Å².